The average Bonchev–Trinajstić information content (AvgIpc) is 3.24. The summed E-state index contributed by atoms with van der Waals surface area (Å²) in [5.74, 6) is 0.0762. The summed E-state index contributed by atoms with van der Waals surface area (Å²) < 4.78 is 5.49. The highest BCUT2D eigenvalue weighted by molar-refractivity contribution is 7.13. The van der Waals surface area contributed by atoms with Crippen molar-refractivity contribution < 1.29 is 14.3 Å². The lowest BCUT2D eigenvalue weighted by molar-refractivity contribution is -0.140. The quantitative estimate of drug-likeness (QED) is 0.744. The van der Waals surface area contributed by atoms with E-state index in [1.165, 1.54) is 11.3 Å². The van der Waals surface area contributed by atoms with Crippen molar-refractivity contribution >= 4 is 28.4 Å². The van der Waals surface area contributed by atoms with E-state index in [9.17, 15) is 9.59 Å². The summed E-state index contributed by atoms with van der Waals surface area (Å²) >= 11 is 1.44. The minimum absolute atomic E-state index is 0.0609. The number of aryl methyl sites for hydroxylation is 1. The first kappa shape index (κ1) is 18.9. The molecule has 9 heteroatoms. The normalized spacial score (nSPS) is 20.8. The minimum Gasteiger partial charge on any atom is -0.375 e. The second-order valence-corrected chi connectivity index (χ2v) is 7.57. The third kappa shape index (κ3) is 5.07. The maximum absolute atomic E-state index is 12.4. The highest BCUT2D eigenvalue weighted by atomic mass is 32.1. The van der Waals surface area contributed by atoms with E-state index in [1.807, 2.05) is 10.3 Å². The van der Waals surface area contributed by atoms with Gasteiger partial charge in [0, 0.05) is 44.7 Å². The Bertz CT molecular complexity index is 617. The van der Waals surface area contributed by atoms with Gasteiger partial charge in [0.15, 0.2) is 5.13 Å². The van der Waals surface area contributed by atoms with Crippen LogP contribution >= 0.6 is 11.3 Å². The predicted molar refractivity (Wildman–Crippen MR) is 100.0 cm³/mol. The molecule has 144 valence electrons. The summed E-state index contributed by atoms with van der Waals surface area (Å²) in [6.45, 7) is 3.77. The summed E-state index contributed by atoms with van der Waals surface area (Å²) in [6.07, 6.45) is 3.90. The molecule has 1 unspecified atom stereocenters. The van der Waals surface area contributed by atoms with Crippen LogP contribution in [0.5, 0.6) is 0 Å². The van der Waals surface area contributed by atoms with Crippen LogP contribution in [0.25, 0.3) is 0 Å². The van der Waals surface area contributed by atoms with Gasteiger partial charge in [-0.1, -0.05) is 0 Å². The Morgan fingerprint density at radius 3 is 2.81 bits per heavy atom. The predicted octanol–water partition coefficient (Wildman–Crippen LogP) is 1.08. The number of anilines is 1. The first-order valence-corrected chi connectivity index (χ1v) is 10.1. The Morgan fingerprint density at radius 2 is 2.08 bits per heavy atom. The van der Waals surface area contributed by atoms with Gasteiger partial charge in [-0.2, -0.15) is 0 Å². The van der Waals surface area contributed by atoms with Crippen LogP contribution in [0.1, 0.15) is 31.4 Å². The number of nitrogens with zero attached hydrogens (tertiary/aromatic N) is 3. The maximum atomic E-state index is 12.4. The molecular weight excluding hydrogens is 354 g/mol. The number of amides is 3. The molecule has 0 radical (unpaired) electrons. The van der Waals surface area contributed by atoms with Crippen molar-refractivity contribution in [2.45, 2.75) is 38.2 Å². The van der Waals surface area contributed by atoms with E-state index in [4.69, 9.17) is 10.5 Å². The first-order chi connectivity index (χ1) is 12.6. The number of rotatable bonds is 5. The van der Waals surface area contributed by atoms with Gasteiger partial charge in [0.05, 0.1) is 5.69 Å². The number of aromatic nitrogens is 1. The third-order valence-corrected chi connectivity index (χ3v) is 5.48. The largest absolute Gasteiger partial charge is 0.375 e. The van der Waals surface area contributed by atoms with Crippen LogP contribution in [-0.2, 0) is 16.0 Å². The Kier molecular flexibility index (Phi) is 6.67. The van der Waals surface area contributed by atoms with Crippen LogP contribution in [0.15, 0.2) is 5.38 Å². The molecule has 3 N–H and O–H groups in total. The number of nitrogens with one attached hydrogen (secondary N) is 1. The van der Waals surface area contributed by atoms with E-state index in [0.29, 0.717) is 44.5 Å². The second kappa shape index (κ2) is 9.18. The number of carbonyl (C=O) groups excluding carboxylic acids is 2. The summed E-state index contributed by atoms with van der Waals surface area (Å²) in [6, 6.07) is -0.0609. The molecule has 1 aromatic rings. The number of hydrogen-bond acceptors (Lipinski definition) is 6. The molecule has 26 heavy (non-hydrogen) atoms. The van der Waals surface area contributed by atoms with E-state index < -0.39 is 0 Å². The number of hydrogen-bond donors (Lipinski definition) is 2. The number of nitrogen functional groups attached to an aromatic ring is 1. The Hall–Kier alpha value is -1.87. The molecule has 0 spiro atoms. The lowest BCUT2D eigenvalue weighted by Crippen LogP contribution is -2.44. The monoisotopic (exact) mass is 381 g/mol. The van der Waals surface area contributed by atoms with Crippen molar-refractivity contribution in [2.24, 2.45) is 0 Å². The van der Waals surface area contributed by atoms with Crippen LogP contribution in [-0.4, -0.2) is 72.2 Å². The van der Waals surface area contributed by atoms with E-state index >= 15 is 0 Å². The van der Waals surface area contributed by atoms with Crippen molar-refractivity contribution in [1.29, 1.82) is 0 Å². The molecule has 0 saturated carbocycles. The molecule has 1 atom stereocenters. The van der Waals surface area contributed by atoms with E-state index in [0.717, 1.165) is 37.8 Å². The second-order valence-electron chi connectivity index (χ2n) is 6.68. The minimum atomic E-state index is -0.282. The summed E-state index contributed by atoms with van der Waals surface area (Å²) in [7, 11) is 0. The SMILES string of the molecule is Nc1nc(CCCNC(=O)N2CCCN(C(=O)C3CCCO3)CC2)cs1. The van der Waals surface area contributed by atoms with Crippen molar-refractivity contribution in [2.75, 3.05) is 45.1 Å². The zero-order valence-electron chi connectivity index (χ0n) is 15.0. The van der Waals surface area contributed by atoms with Crippen LogP contribution in [0, 0.1) is 0 Å². The van der Waals surface area contributed by atoms with Crippen molar-refractivity contribution in [3.05, 3.63) is 11.1 Å². The Morgan fingerprint density at radius 1 is 1.27 bits per heavy atom. The molecule has 8 nitrogen and oxygen atoms in total. The molecule has 3 rings (SSSR count). The van der Waals surface area contributed by atoms with Crippen molar-refractivity contribution in [3.63, 3.8) is 0 Å². The standard InChI is InChI=1S/C17H27N5O3S/c18-16-20-13(12-26-16)4-1-6-19-17(24)22-8-3-7-21(9-10-22)15(23)14-5-2-11-25-14/h12,14H,1-11H2,(H2,18,20)(H,19,24). The number of carbonyl (C=O) groups is 2. The Balaban J connectivity index is 1.37. The number of nitrogens with two attached hydrogens (primary N) is 1. The fraction of sp³-hybridized carbons (Fsp3) is 0.706. The van der Waals surface area contributed by atoms with Crippen LogP contribution in [0.2, 0.25) is 0 Å². The number of urea groups is 1. The van der Waals surface area contributed by atoms with Crippen LogP contribution < -0.4 is 11.1 Å². The van der Waals surface area contributed by atoms with Gasteiger partial charge in [-0.3, -0.25) is 4.79 Å². The fourth-order valence-electron chi connectivity index (χ4n) is 3.33. The molecule has 0 aliphatic carbocycles. The molecular formula is C17H27N5O3S. The third-order valence-electron chi connectivity index (χ3n) is 4.76. The van der Waals surface area contributed by atoms with Gasteiger partial charge in [0.1, 0.15) is 6.10 Å². The molecule has 0 bridgehead atoms. The van der Waals surface area contributed by atoms with Gasteiger partial charge in [0.2, 0.25) is 0 Å². The van der Waals surface area contributed by atoms with Gasteiger partial charge in [-0.25, -0.2) is 9.78 Å². The zero-order chi connectivity index (χ0) is 18.4. The maximum Gasteiger partial charge on any atom is 0.317 e. The van der Waals surface area contributed by atoms with E-state index in [1.54, 1.807) is 4.90 Å². The summed E-state index contributed by atoms with van der Waals surface area (Å²) in [5, 5.41) is 5.49. The molecule has 0 aromatic carbocycles. The van der Waals surface area contributed by atoms with Crippen molar-refractivity contribution in [3.8, 4) is 0 Å². The number of thiazole rings is 1. The fourth-order valence-corrected chi connectivity index (χ4v) is 3.93. The zero-order valence-corrected chi connectivity index (χ0v) is 15.8. The topological polar surface area (TPSA) is 101 Å². The molecule has 3 heterocycles. The van der Waals surface area contributed by atoms with Crippen LogP contribution in [0.4, 0.5) is 9.93 Å². The molecule has 2 aliphatic rings. The van der Waals surface area contributed by atoms with E-state index in [2.05, 4.69) is 10.3 Å². The van der Waals surface area contributed by atoms with Gasteiger partial charge in [-0.15, -0.1) is 11.3 Å². The number of ether oxygens (including phenoxy) is 1. The van der Waals surface area contributed by atoms with E-state index in [-0.39, 0.29) is 18.0 Å². The van der Waals surface area contributed by atoms with Gasteiger partial charge < -0.3 is 25.6 Å². The van der Waals surface area contributed by atoms with Gasteiger partial charge in [-0.05, 0) is 32.1 Å². The lowest BCUT2D eigenvalue weighted by atomic mass is 10.2. The van der Waals surface area contributed by atoms with Gasteiger partial charge >= 0.3 is 6.03 Å². The van der Waals surface area contributed by atoms with Crippen LogP contribution in [0.3, 0.4) is 0 Å². The molecule has 2 fully saturated rings. The molecule has 2 saturated heterocycles. The summed E-state index contributed by atoms with van der Waals surface area (Å²) in [5.41, 5.74) is 6.58. The Labute approximate surface area is 157 Å². The van der Waals surface area contributed by atoms with Gasteiger partial charge in [0.25, 0.3) is 5.91 Å². The molecule has 1 aromatic heterocycles. The van der Waals surface area contributed by atoms with Crippen molar-refractivity contribution in [1.82, 2.24) is 20.1 Å². The highest BCUT2D eigenvalue weighted by Crippen LogP contribution is 2.16. The molecule has 3 amide bonds. The smallest absolute Gasteiger partial charge is 0.317 e. The lowest BCUT2D eigenvalue weighted by Gasteiger charge is -2.24. The first-order valence-electron chi connectivity index (χ1n) is 9.26. The highest BCUT2D eigenvalue weighted by Gasteiger charge is 2.30. The summed E-state index contributed by atoms with van der Waals surface area (Å²) in [4.78, 5) is 32.6. The average molecular weight is 382 g/mol. The molecule has 2 aliphatic heterocycles.